The minimum absolute atomic E-state index is 0.0431. The molecule has 2 aliphatic rings. The molecule has 2 aliphatic heterocycles. The fourth-order valence-corrected chi connectivity index (χ4v) is 5.48. The number of ether oxygens (including phenoxy) is 3. The quantitative estimate of drug-likeness (QED) is 0.162. The van der Waals surface area contributed by atoms with Crippen molar-refractivity contribution >= 4 is 11.9 Å². The molecule has 0 amide bonds. The third-order valence-corrected chi connectivity index (χ3v) is 8.33. The molecule has 0 bridgehead atoms. The summed E-state index contributed by atoms with van der Waals surface area (Å²) in [5, 5.41) is 28.2. The van der Waals surface area contributed by atoms with Gasteiger partial charge in [0, 0.05) is 38.0 Å². The normalized spacial score (nSPS) is 31.3. The number of rotatable bonds is 14. The van der Waals surface area contributed by atoms with E-state index in [0.717, 1.165) is 56.6 Å². The van der Waals surface area contributed by atoms with Gasteiger partial charge < -0.3 is 29.5 Å². The topological polar surface area (TPSA) is 123 Å². The van der Waals surface area contributed by atoms with E-state index in [1.165, 1.54) is 12.2 Å². The van der Waals surface area contributed by atoms with E-state index in [-0.39, 0.29) is 18.1 Å². The summed E-state index contributed by atoms with van der Waals surface area (Å²) in [4.78, 5) is 21.8. The van der Waals surface area contributed by atoms with Crippen LogP contribution in [0.2, 0.25) is 0 Å². The van der Waals surface area contributed by atoms with Gasteiger partial charge in [0.2, 0.25) is 0 Å². The Balaban J connectivity index is 2.18. The summed E-state index contributed by atoms with van der Waals surface area (Å²) in [6.45, 7) is 9.83. The summed E-state index contributed by atoms with van der Waals surface area (Å²) in [6.07, 6.45) is 18.7. The highest BCUT2D eigenvalue weighted by molar-refractivity contribution is 5.81. The van der Waals surface area contributed by atoms with E-state index < -0.39 is 29.4 Å². The highest BCUT2D eigenvalue weighted by atomic mass is 16.7. The minimum atomic E-state index is -1.04. The van der Waals surface area contributed by atoms with Gasteiger partial charge in [-0.1, -0.05) is 75.6 Å². The molecule has 2 saturated heterocycles. The van der Waals surface area contributed by atoms with Crippen molar-refractivity contribution in [3.63, 3.8) is 0 Å². The molecule has 0 radical (unpaired) electrons. The summed E-state index contributed by atoms with van der Waals surface area (Å²) in [6, 6.07) is 0. The Kier molecular flexibility index (Phi) is 13.7. The van der Waals surface area contributed by atoms with Gasteiger partial charge in [-0.05, 0) is 51.0 Å². The van der Waals surface area contributed by atoms with Crippen molar-refractivity contribution in [3.8, 4) is 0 Å². The molecule has 0 unspecified atom stereocenters. The molecule has 2 rings (SSSR count). The molecule has 230 valence electrons. The Morgan fingerprint density at radius 2 is 1.76 bits per heavy atom. The number of aliphatic hydroxyl groups is 1. The highest BCUT2D eigenvalue weighted by Crippen LogP contribution is 2.47. The average Bonchev–Trinajstić information content (AvgIpc) is 2.93. The van der Waals surface area contributed by atoms with Gasteiger partial charge in [0.25, 0.3) is 0 Å². The fourth-order valence-electron chi connectivity index (χ4n) is 5.48. The molecule has 7 atom stereocenters. The Hall–Kier alpha value is -2.52. The lowest BCUT2D eigenvalue weighted by atomic mass is 9.78. The van der Waals surface area contributed by atoms with Gasteiger partial charge in [-0.15, -0.1) is 0 Å². The summed E-state index contributed by atoms with van der Waals surface area (Å²) in [5.74, 6) is -2.73. The molecule has 0 aromatic heterocycles. The molecule has 0 aromatic rings. The number of carboxylic acids is 2. The highest BCUT2D eigenvalue weighted by Gasteiger charge is 2.52. The van der Waals surface area contributed by atoms with Gasteiger partial charge in [0.1, 0.15) is 6.10 Å². The summed E-state index contributed by atoms with van der Waals surface area (Å²) >= 11 is 0. The summed E-state index contributed by atoms with van der Waals surface area (Å²) in [5.41, 5.74) is 1.11. The average molecular weight is 575 g/mol. The smallest absolute Gasteiger partial charge is 0.328 e. The number of methoxy groups -OCH3 is 1. The molecule has 1 spiro atoms. The number of hydrogen-bond donors (Lipinski definition) is 3. The SMILES string of the molecule is CCCC[C@@]1(OC)CC[C@]2(CC[C@H](C)[C@@H](CC=C(C)C=C[C@H](O)[C@@H](C)C=CC(=O)O)O2)O[C@H]1C=CC(C)=CC(=O)O. The van der Waals surface area contributed by atoms with E-state index in [1.54, 1.807) is 33.1 Å². The van der Waals surface area contributed by atoms with Crippen LogP contribution in [0.3, 0.4) is 0 Å². The van der Waals surface area contributed by atoms with E-state index in [0.29, 0.717) is 17.9 Å². The zero-order valence-electron chi connectivity index (χ0n) is 25.5. The molecule has 8 heteroatoms. The van der Waals surface area contributed by atoms with Crippen molar-refractivity contribution < 1.29 is 39.1 Å². The predicted octanol–water partition coefficient (Wildman–Crippen LogP) is 6.37. The first-order valence-electron chi connectivity index (χ1n) is 14.8. The van der Waals surface area contributed by atoms with E-state index in [2.05, 4.69) is 19.9 Å². The van der Waals surface area contributed by atoms with Gasteiger partial charge in [-0.2, -0.15) is 0 Å². The van der Waals surface area contributed by atoms with Gasteiger partial charge in [0.15, 0.2) is 5.79 Å². The number of carbonyl (C=O) groups is 2. The third kappa shape index (κ3) is 10.7. The zero-order valence-corrected chi connectivity index (χ0v) is 25.5. The molecule has 0 aliphatic carbocycles. The lowest BCUT2D eigenvalue weighted by molar-refractivity contribution is -0.346. The molecule has 8 nitrogen and oxygen atoms in total. The van der Waals surface area contributed by atoms with Crippen molar-refractivity contribution in [2.45, 2.75) is 116 Å². The lowest BCUT2D eigenvalue weighted by Crippen LogP contribution is -2.58. The first-order chi connectivity index (χ1) is 19.3. The van der Waals surface area contributed by atoms with E-state index in [1.807, 2.05) is 19.1 Å². The van der Waals surface area contributed by atoms with Crippen molar-refractivity contribution in [1.29, 1.82) is 0 Å². The zero-order chi connectivity index (χ0) is 30.6. The van der Waals surface area contributed by atoms with Crippen LogP contribution in [-0.2, 0) is 23.8 Å². The van der Waals surface area contributed by atoms with Crippen LogP contribution in [0.25, 0.3) is 0 Å². The molecule has 41 heavy (non-hydrogen) atoms. The molecule has 2 heterocycles. The Labute approximate surface area is 245 Å². The molecule has 3 N–H and O–H groups in total. The van der Waals surface area contributed by atoms with E-state index >= 15 is 0 Å². The van der Waals surface area contributed by atoms with Crippen molar-refractivity contribution in [2.24, 2.45) is 11.8 Å². The number of aliphatic carboxylic acids is 2. The lowest BCUT2D eigenvalue weighted by Gasteiger charge is -2.53. The molecular formula is C33H50O8. The number of hydrogen-bond acceptors (Lipinski definition) is 6. The van der Waals surface area contributed by atoms with Crippen LogP contribution in [0.5, 0.6) is 0 Å². The molecular weight excluding hydrogens is 524 g/mol. The minimum Gasteiger partial charge on any atom is -0.478 e. The Morgan fingerprint density at radius 3 is 2.39 bits per heavy atom. The monoisotopic (exact) mass is 574 g/mol. The van der Waals surface area contributed by atoms with E-state index in [9.17, 15) is 14.7 Å². The van der Waals surface area contributed by atoms with Crippen molar-refractivity contribution in [3.05, 3.63) is 59.8 Å². The third-order valence-electron chi connectivity index (χ3n) is 8.33. The van der Waals surface area contributed by atoms with Crippen molar-refractivity contribution in [1.82, 2.24) is 0 Å². The van der Waals surface area contributed by atoms with Gasteiger partial charge in [-0.3, -0.25) is 0 Å². The number of carboxylic acid groups (broad SMARTS) is 2. The van der Waals surface area contributed by atoms with Crippen LogP contribution in [0, 0.1) is 11.8 Å². The van der Waals surface area contributed by atoms with Gasteiger partial charge in [0.05, 0.1) is 17.8 Å². The van der Waals surface area contributed by atoms with Crippen LogP contribution < -0.4 is 0 Å². The molecule has 0 aromatic carbocycles. The van der Waals surface area contributed by atoms with E-state index in [4.69, 9.17) is 24.4 Å². The predicted molar refractivity (Wildman–Crippen MR) is 159 cm³/mol. The first kappa shape index (κ1) is 34.7. The number of aliphatic hydroxyl groups excluding tert-OH is 1. The maximum Gasteiger partial charge on any atom is 0.328 e. The second kappa shape index (κ2) is 16.2. The maximum atomic E-state index is 11.1. The van der Waals surface area contributed by atoms with Crippen LogP contribution in [0.1, 0.15) is 86.0 Å². The maximum absolute atomic E-state index is 11.1. The molecule has 2 fully saturated rings. The summed E-state index contributed by atoms with van der Waals surface area (Å²) < 4.78 is 19.6. The standard InChI is InChI=1S/C33H50O8/c1-7-8-18-32(39-6)20-21-33(41-29(32)15-11-24(3)22-31(37)38)19-17-26(5)28(40-33)14-10-23(2)9-13-27(34)25(4)12-16-30(35)36/h9-13,15-16,22,25-29,34H,7-8,14,17-21H2,1-6H3,(H,35,36)(H,37,38)/t25-,26-,27-,28+,29-,32+,33-/m0/s1. The Morgan fingerprint density at radius 1 is 1.02 bits per heavy atom. The van der Waals surface area contributed by atoms with Crippen LogP contribution in [-0.4, -0.2) is 64.1 Å². The van der Waals surface area contributed by atoms with Crippen LogP contribution in [0.15, 0.2) is 59.8 Å². The second-order valence-electron chi connectivity index (χ2n) is 11.7. The first-order valence-corrected chi connectivity index (χ1v) is 14.8. The summed E-state index contributed by atoms with van der Waals surface area (Å²) in [7, 11) is 1.73. The largest absolute Gasteiger partial charge is 0.478 e. The van der Waals surface area contributed by atoms with Crippen molar-refractivity contribution in [2.75, 3.05) is 7.11 Å². The second-order valence-corrected chi connectivity index (χ2v) is 11.7. The van der Waals surface area contributed by atoms with Gasteiger partial charge in [-0.25, -0.2) is 9.59 Å². The number of unbranched alkanes of at least 4 members (excludes halogenated alkanes) is 1. The fraction of sp³-hybridized carbons (Fsp3) is 0.636. The Bertz CT molecular complexity index is 1020. The van der Waals surface area contributed by atoms with Gasteiger partial charge >= 0.3 is 11.9 Å². The van der Waals surface area contributed by atoms with Crippen LogP contribution in [0.4, 0.5) is 0 Å². The molecule has 0 saturated carbocycles. The number of allylic oxidation sites excluding steroid dienone is 4. The van der Waals surface area contributed by atoms with Crippen LogP contribution >= 0.6 is 0 Å².